The van der Waals surface area contributed by atoms with E-state index in [4.69, 9.17) is 9.84 Å². The van der Waals surface area contributed by atoms with Crippen LogP contribution >= 0.6 is 0 Å². The van der Waals surface area contributed by atoms with Crippen molar-refractivity contribution in [3.63, 3.8) is 0 Å². The zero-order valence-electron chi connectivity index (χ0n) is 9.99. The van der Waals surface area contributed by atoms with Crippen LogP contribution in [0.4, 0.5) is 0 Å². The van der Waals surface area contributed by atoms with E-state index in [1.165, 1.54) is 0 Å². The molecule has 0 fully saturated rings. The summed E-state index contributed by atoms with van der Waals surface area (Å²) in [7, 11) is 0. The molecule has 0 radical (unpaired) electrons. The number of hydrogen-bond donors (Lipinski definition) is 1. The van der Waals surface area contributed by atoms with E-state index < -0.39 is 5.97 Å². The Kier molecular flexibility index (Phi) is 3.13. The maximum absolute atomic E-state index is 11.1. The molecule has 1 heterocycles. The number of benzene rings is 1. The first-order valence-corrected chi connectivity index (χ1v) is 5.74. The van der Waals surface area contributed by atoms with Gasteiger partial charge in [0.15, 0.2) is 0 Å². The fourth-order valence-corrected chi connectivity index (χ4v) is 2.04. The van der Waals surface area contributed by atoms with Crippen molar-refractivity contribution < 1.29 is 14.6 Å². The Hall–Kier alpha value is -1.84. The van der Waals surface area contributed by atoms with Crippen LogP contribution in [0.5, 0.6) is 5.75 Å². The molecule has 1 N–H and O–H groups in total. The van der Waals surface area contributed by atoms with Gasteiger partial charge in [0.1, 0.15) is 5.75 Å². The first-order valence-electron chi connectivity index (χ1n) is 5.74. The molecule has 90 valence electrons. The van der Waals surface area contributed by atoms with Gasteiger partial charge in [-0.3, -0.25) is 4.99 Å². The van der Waals surface area contributed by atoms with Gasteiger partial charge in [-0.05, 0) is 25.5 Å². The third kappa shape index (κ3) is 2.02. The molecule has 0 aliphatic carbocycles. The van der Waals surface area contributed by atoms with Crippen molar-refractivity contribution in [2.75, 3.05) is 6.61 Å². The van der Waals surface area contributed by atoms with Crippen molar-refractivity contribution in [3.05, 3.63) is 28.8 Å². The molecule has 0 atom stereocenters. The highest BCUT2D eigenvalue weighted by atomic mass is 16.5. The highest BCUT2D eigenvalue weighted by molar-refractivity contribution is 6.06. The monoisotopic (exact) mass is 233 g/mol. The van der Waals surface area contributed by atoms with Gasteiger partial charge in [0.2, 0.25) is 0 Å². The molecule has 0 aromatic heterocycles. The highest BCUT2D eigenvalue weighted by Crippen LogP contribution is 2.31. The van der Waals surface area contributed by atoms with Crippen molar-refractivity contribution in [1.82, 2.24) is 0 Å². The van der Waals surface area contributed by atoms with Crippen molar-refractivity contribution in [2.45, 2.75) is 26.8 Å². The number of rotatable bonds is 4. The number of fused-ring (bicyclic) bond motifs is 1. The smallest absolute Gasteiger partial charge is 0.335 e. The van der Waals surface area contributed by atoms with E-state index in [9.17, 15) is 4.79 Å². The van der Waals surface area contributed by atoms with E-state index in [1.54, 1.807) is 12.1 Å². The zero-order chi connectivity index (χ0) is 12.4. The predicted molar refractivity (Wildman–Crippen MR) is 65.1 cm³/mol. The average molecular weight is 233 g/mol. The number of carboxylic acids is 1. The fraction of sp³-hybridized carbons (Fsp3) is 0.385. The highest BCUT2D eigenvalue weighted by Gasteiger charge is 2.21. The molecule has 1 aromatic rings. The topological polar surface area (TPSA) is 58.9 Å². The normalized spacial score (nSPS) is 13.2. The van der Waals surface area contributed by atoms with Crippen molar-refractivity contribution in [2.24, 2.45) is 4.99 Å². The quantitative estimate of drug-likeness (QED) is 0.869. The summed E-state index contributed by atoms with van der Waals surface area (Å²) in [6, 6.07) is 3.27. The third-order valence-electron chi connectivity index (χ3n) is 2.83. The zero-order valence-corrected chi connectivity index (χ0v) is 9.99. The van der Waals surface area contributed by atoms with Gasteiger partial charge in [-0.2, -0.15) is 0 Å². The van der Waals surface area contributed by atoms with Gasteiger partial charge in [0.05, 0.1) is 18.7 Å². The average Bonchev–Trinajstić information content (AvgIpc) is 2.72. The summed E-state index contributed by atoms with van der Waals surface area (Å²) in [5.74, 6) is -0.286. The number of aromatic carboxylic acids is 1. The minimum absolute atomic E-state index is 0.259. The van der Waals surface area contributed by atoms with Gasteiger partial charge < -0.3 is 9.84 Å². The molecule has 0 saturated heterocycles. The lowest BCUT2D eigenvalue weighted by Gasteiger charge is -2.10. The second-order valence-corrected chi connectivity index (χ2v) is 3.86. The second-order valence-electron chi connectivity index (χ2n) is 3.86. The van der Waals surface area contributed by atoms with E-state index in [0.29, 0.717) is 18.9 Å². The Labute approximate surface area is 99.9 Å². The van der Waals surface area contributed by atoms with Gasteiger partial charge in [-0.15, -0.1) is 0 Å². The van der Waals surface area contributed by atoms with Gasteiger partial charge >= 0.3 is 5.97 Å². The van der Waals surface area contributed by atoms with E-state index in [2.05, 4.69) is 4.99 Å². The Bertz CT molecular complexity index is 492. The molecule has 0 spiro atoms. The number of nitrogens with zero attached hydrogens (tertiary/aromatic N) is 1. The molecule has 0 amide bonds. The molecule has 1 aliphatic rings. The van der Waals surface area contributed by atoms with Gasteiger partial charge in [-0.1, -0.05) is 6.92 Å². The Balaban J connectivity index is 2.53. The lowest BCUT2D eigenvalue weighted by atomic mass is 10.00. The van der Waals surface area contributed by atoms with Crippen LogP contribution in [0.15, 0.2) is 17.1 Å². The summed E-state index contributed by atoms with van der Waals surface area (Å²) < 4.78 is 5.50. The van der Waals surface area contributed by atoms with Crippen LogP contribution in [-0.2, 0) is 6.54 Å². The minimum Gasteiger partial charge on any atom is -0.493 e. The third-order valence-corrected chi connectivity index (χ3v) is 2.83. The largest absolute Gasteiger partial charge is 0.493 e. The number of carboxylic acid groups (broad SMARTS) is 1. The van der Waals surface area contributed by atoms with E-state index >= 15 is 0 Å². The Morgan fingerprint density at radius 2 is 2.24 bits per heavy atom. The number of aliphatic imine (C=N–C) groups is 1. The molecule has 4 nitrogen and oxygen atoms in total. The maximum atomic E-state index is 11.1. The van der Waals surface area contributed by atoms with Crippen LogP contribution in [-0.4, -0.2) is 23.4 Å². The van der Waals surface area contributed by atoms with E-state index in [1.807, 2.05) is 13.8 Å². The molecule has 0 bridgehead atoms. The molecule has 1 aromatic carbocycles. The SMILES string of the molecule is CCOc1cc(C(=O)O)cc2c1CN=C2CC. The summed E-state index contributed by atoms with van der Waals surface area (Å²) in [6.45, 7) is 5.02. The van der Waals surface area contributed by atoms with E-state index in [0.717, 1.165) is 23.3 Å². The summed E-state index contributed by atoms with van der Waals surface area (Å²) in [5, 5.41) is 9.07. The van der Waals surface area contributed by atoms with Gasteiger partial charge in [0.25, 0.3) is 0 Å². The minimum atomic E-state index is -0.934. The molecule has 1 aliphatic heterocycles. The molecular formula is C13H15NO3. The summed E-state index contributed by atoms with van der Waals surface area (Å²) in [5.41, 5.74) is 3.16. The summed E-state index contributed by atoms with van der Waals surface area (Å²) in [4.78, 5) is 15.5. The lowest BCUT2D eigenvalue weighted by Crippen LogP contribution is -2.05. The first-order chi connectivity index (χ1) is 8.17. The Morgan fingerprint density at radius 3 is 2.82 bits per heavy atom. The van der Waals surface area contributed by atoms with Crippen molar-refractivity contribution >= 4 is 11.7 Å². The standard InChI is InChI=1S/C13H15NO3/c1-3-11-9-5-8(13(15)16)6-12(17-4-2)10(9)7-14-11/h5-6H,3-4,7H2,1-2H3,(H,15,16). The number of carbonyl (C=O) groups is 1. The Morgan fingerprint density at radius 1 is 1.47 bits per heavy atom. The number of ether oxygens (including phenoxy) is 1. The van der Waals surface area contributed by atoms with Crippen LogP contribution in [0.25, 0.3) is 0 Å². The molecule has 0 unspecified atom stereocenters. The van der Waals surface area contributed by atoms with Crippen molar-refractivity contribution in [3.8, 4) is 5.75 Å². The summed E-state index contributed by atoms with van der Waals surface area (Å²) >= 11 is 0. The molecule has 2 rings (SSSR count). The summed E-state index contributed by atoms with van der Waals surface area (Å²) in [6.07, 6.45) is 0.807. The molecule has 4 heteroatoms. The molecule has 17 heavy (non-hydrogen) atoms. The van der Waals surface area contributed by atoms with Gasteiger partial charge in [-0.25, -0.2) is 4.79 Å². The fourth-order valence-electron chi connectivity index (χ4n) is 2.04. The predicted octanol–water partition coefficient (Wildman–Crippen LogP) is 2.50. The van der Waals surface area contributed by atoms with Gasteiger partial charge in [0, 0.05) is 16.8 Å². The van der Waals surface area contributed by atoms with Crippen LogP contribution in [0.3, 0.4) is 0 Å². The molecular weight excluding hydrogens is 218 g/mol. The van der Waals surface area contributed by atoms with E-state index in [-0.39, 0.29) is 5.56 Å². The van der Waals surface area contributed by atoms with Crippen LogP contribution < -0.4 is 4.74 Å². The maximum Gasteiger partial charge on any atom is 0.335 e. The van der Waals surface area contributed by atoms with Crippen molar-refractivity contribution in [1.29, 1.82) is 0 Å². The van der Waals surface area contributed by atoms with Crippen LogP contribution in [0.1, 0.15) is 41.8 Å². The van der Waals surface area contributed by atoms with Crippen LogP contribution in [0, 0.1) is 0 Å². The second kappa shape index (κ2) is 4.57. The number of hydrogen-bond acceptors (Lipinski definition) is 3. The lowest BCUT2D eigenvalue weighted by molar-refractivity contribution is 0.0696. The molecule has 0 saturated carbocycles. The van der Waals surface area contributed by atoms with Crippen LogP contribution in [0.2, 0.25) is 0 Å². The first kappa shape index (κ1) is 11.6.